The smallest absolute Gasteiger partial charge is 0.227 e. The summed E-state index contributed by atoms with van der Waals surface area (Å²) >= 11 is 0. The number of hydrogen-bond donors (Lipinski definition) is 3. The lowest BCUT2D eigenvalue weighted by Crippen LogP contribution is -2.17. The fourth-order valence-electron chi connectivity index (χ4n) is 3.14. The summed E-state index contributed by atoms with van der Waals surface area (Å²) in [6, 6.07) is 0.521. The maximum absolute atomic E-state index is 5.55. The second kappa shape index (κ2) is 16.2. The van der Waals surface area contributed by atoms with E-state index in [0.29, 0.717) is 57.5 Å². The van der Waals surface area contributed by atoms with Crippen LogP contribution in [0.4, 0.5) is 11.9 Å². The number of aryl methyl sites for hydroxylation is 1. The lowest BCUT2D eigenvalue weighted by atomic mass is 10.1. The van der Waals surface area contributed by atoms with Gasteiger partial charge in [-0.2, -0.15) is 15.0 Å². The van der Waals surface area contributed by atoms with E-state index in [4.69, 9.17) is 15.2 Å². The van der Waals surface area contributed by atoms with E-state index in [0.717, 1.165) is 18.7 Å². The second-order valence-electron chi connectivity index (χ2n) is 7.98. The van der Waals surface area contributed by atoms with Gasteiger partial charge in [0.25, 0.3) is 0 Å². The van der Waals surface area contributed by atoms with Gasteiger partial charge in [0.15, 0.2) is 0 Å². The topological polar surface area (TPSA) is 107 Å². The highest BCUT2D eigenvalue weighted by Crippen LogP contribution is 2.23. The molecule has 0 aliphatic heterocycles. The Bertz CT molecular complexity index is 518. The molecule has 0 radical (unpaired) electrons. The van der Waals surface area contributed by atoms with E-state index >= 15 is 0 Å². The molecule has 8 heteroatoms. The minimum absolute atomic E-state index is 0.521. The van der Waals surface area contributed by atoms with Crippen molar-refractivity contribution < 1.29 is 9.47 Å². The van der Waals surface area contributed by atoms with Crippen LogP contribution in [0.25, 0.3) is 0 Å². The summed E-state index contributed by atoms with van der Waals surface area (Å²) in [5.41, 5.74) is 5.38. The van der Waals surface area contributed by atoms with Crippen LogP contribution in [-0.2, 0) is 15.9 Å². The van der Waals surface area contributed by atoms with E-state index in [1.807, 2.05) is 0 Å². The van der Waals surface area contributed by atoms with Crippen LogP contribution in [0.1, 0.15) is 77.0 Å². The minimum Gasteiger partial charge on any atom is -0.378 e. The Hall–Kier alpha value is -1.51. The molecule has 1 aliphatic rings. The summed E-state index contributed by atoms with van der Waals surface area (Å²) in [7, 11) is 0. The van der Waals surface area contributed by atoms with Crippen LogP contribution in [0.3, 0.4) is 0 Å². The first-order chi connectivity index (χ1) is 14.8. The predicted octanol–water partition coefficient (Wildman–Crippen LogP) is 3.53. The first-order valence-corrected chi connectivity index (χ1v) is 11.9. The second-order valence-corrected chi connectivity index (χ2v) is 7.98. The van der Waals surface area contributed by atoms with Gasteiger partial charge in [0.1, 0.15) is 5.82 Å². The first kappa shape index (κ1) is 24.8. The van der Waals surface area contributed by atoms with Crippen LogP contribution >= 0.6 is 0 Å². The van der Waals surface area contributed by atoms with Crippen LogP contribution < -0.4 is 16.4 Å². The van der Waals surface area contributed by atoms with Crippen molar-refractivity contribution in [2.24, 2.45) is 5.73 Å². The molecule has 1 aliphatic carbocycles. The Labute approximate surface area is 182 Å². The van der Waals surface area contributed by atoms with Crippen molar-refractivity contribution in [2.45, 2.75) is 83.6 Å². The molecule has 1 fully saturated rings. The number of nitrogens with zero attached hydrogens (tertiary/aromatic N) is 3. The van der Waals surface area contributed by atoms with Gasteiger partial charge in [0.05, 0.1) is 26.4 Å². The van der Waals surface area contributed by atoms with Crippen molar-refractivity contribution in [2.75, 3.05) is 50.2 Å². The van der Waals surface area contributed by atoms with E-state index in [2.05, 4.69) is 32.5 Å². The molecule has 4 N–H and O–H groups in total. The molecule has 0 spiro atoms. The standard InChI is InChI=1S/C22H42N6O2/c1-2-3-4-5-6-7-8-9-10-20-26-21(28-22(27-20)25-19-11-12-19)24-14-16-30-18-17-29-15-13-23/h19H,2-18,23H2,1H3,(H2,24,25,26,27,28). The zero-order valence-corrected chi connectivity index (χ0v) is 18.8. The maximum Gasteiger partial charge on any atom is 0.227 e. The molecule has 1 saturated carbocycles. The molecular formula is C22H42N6O2. The van der Waals surface area contributed by atoms with Gasteiger partial charge in [-0.3, -0.25) is 0 Å². The van der Waals surface area contributed by atoms with Crippen LogP contribution in [0.15, 0.2) is 0 Å². The molecule has 0 atom stereocenters. The molecule has 0 amide bonds. The molecule has 1 aromatic rings. The van der Waals surface area contributed by atoms with Crippen molar-refractivity contribution in [1.29, 1.82) is 0 Å². The van der Waals surface area contributed by atoms with E-state index in [1.165, 1.54) is 57.8 Å². The number of unbranched alkanes of at least 4 members (excludes halogenated alkanes) is 7. The summed E-state index contributed by atoms with van der Waals surface area (Å²) in [4.78, 5) is 13.8. The predicted molar refractivity (Wildman–Crippen MR) is 122 cm³/mol. The van der Waals surface area contributed by atoms with Gasteiger partial charge >= 0.3 is 0 Å². The Morgan fingerprint density at radius 2 is 1.50 bits per heavy atom. The minimum atomic E-state index is 0.521. The molecule has 2 rings (SSSR count). The van der Waals surface area contributed by atoms with E-state index in [-0.39, 0.29) is 0 Å². The number of nitrogens with one attached hydrogen (secondary N) is 2. The summed E-state index contributed by atoms with van der Waals surface area (Å²) in [6.45, 7) is 5.75. The Morgan fingerprint density at radius 1 is 0.833 bits per heavy atom. The SMILES string of the molecule is CCCCCCCCCCc1nc(NCCOCCOCCN)nc(NC2CC2)n1. The third-order valence-corrected chi connectivity index (χ3v) is 5.01. The molecule has 1 heterocycles. The van der Waals surface area contributed by atoms with Crippen molar-refractivity contribution in [3.8, 4) is 0 Å². The molecule has 0 aromatic carbocycles. The molecule has 8 nitrogen and oxygen atoms in total. The highest BCUT2D eigenvalue weighted by molar-refractivity contribution is 5.36. The summed E-state index contributed by atoms with van der Waals surface area (Å²) in [5, 5.41) is 6.66. The molecule has 0 saturated heterocycles. The molecule has 0 unspecified atom stereocenters. The average molecular weight is 423 g/mol. The van der Waals surface area contributed by atoms with Crippen molar-refractivity contribution in [3.05, 3.63) is 5.82 Å². The number of rotatable bonds is 20. The van der Waals surface area contributed by atoms with Crippen LogP contribution in [0.2, 0.25) is 0 Å². The fourth-order valence-corrected chi connectivity index (χ4v) is 3.14. The van der Waals surface area contributed by atoms with E-state index in [9.17, 15) is 0 Å². The third kappa shape index (κ3) is 12.2. The summed E-state index contributed by atoms with van der Waals surface area (Å²) < 4.78 is 10.8. The van der Waals surface area contributed by atoms with Crippen LogP contribution in [-0.4, -0.2) is 60.5 Å². The number of hydrogen-bond acceptors (Lipinski definition) is 8. The number of ether oxygens (including phenoxy) is 2. The molecule has 0 bridgehead atoms. The monoisotopic (exact) mass is 422 g/mol. The van der Waals surface area contributed by atoms with Gasteiger partial charge in [0, 0.05) is 25.6 Å². The highest BCUT2D eigenvalue weighted by atomic mass is 16.5. The Balaban J connectivity index is 1.67. The zero-order chi connectivity index (χ0) is 21.3. The number of anilines is 2. The van der Waals surface area contributed by atoms with E-state index in [1.54, 1.807) is 0 Å². The quantitative estimate of drug-likeness (QED) is 0.274. The lowest BCUT2D eigenvalue weighted by Gasteiger charge is -2.10. The van der Waals surface area contributed by atoms with Gasteiger partial charge in [0.2, 0.25) is 11.9 Å². The largest absolute Gasteiger partial charge is 0.378 e. The van der Waals surface area contributed by atoms with Crippen molar-refractivity contribution >= 4 is 11.9 Å². The molecule has 1 aromatic heterocycles. The van der Waals surface area contributed by atoms with Crippen molar-refractivity contribution in [3.63, 3.8) is 0 Å². The summed E-state index contributed by atoms with van der Waals surface area (Å²) in [6.07, 6.45) is 13.7. The van der Waals surface area contributed by atoms with Gasteiger partial charge in [-0.15, -0.1) is 0 Å². The van der Waals surface area contributed by atoms with Gasteiger partial charge < -0.3 is 25.8 Å². The Kier molecular flexibility index (Phi) is 13.4. The summed E-state index contributed by atoms with van der Waals surface area (Å²) in [5.74, 6) is 2.20. The van der Waals surface area contributed by atoms with Gasteiger partial charge in [-0.25, -0.2) is 0 Å². The lowest BCUT2D eigenvalue weighted by molar-refractivity contribution is 0.0547. The average Bonchev–Trinajstić information content (AvgIpc) is 3.56. The molecule has 172 valence electrons. The van der Waals surface area contributed by atoms with Crippen LogP contribution in [0.5, 0.6) is 0 Å². The third-order valence-electron chi connectivity index (χ3n) is 5.01. The fraction of sp³-hybridized carbons (Fsp3) is 0.864. The zero-order valence-electron chi connectivity index (χ0n) is 18.8. The van der Waals surface area contributed by atoms with Gasteiger partial charge in [-0.05, 0) is 19.3 Å². The van der Waals surface area contributed by atoms with Crippen molar-refractivity contribution in [1.82, 2.24) is 15.0 Å². The maximum atomic E-state index is 5.55. The van der Waals surface area contributed by atoms with E-state index < -0.39 is 0 Å². The Morgan fingerprint density at radius 3 is 2.20 bits per heavy atom. The molecule has 30 heavy (non-hydrogen) atoms. The first-order valence-electron chi connectivity index (χ1n) is 11.9. The normalized spacial score (nSPS) is 13.5. The van der Waals surface area contributed by atoms with Crippen LogP contribution in [0, 0.1) is 0 Å². The number of aromatic nitrogens is 3. The molecular weight excluding hydrogens is 380 g/mol. The number of nitrogens with two attached hydrogens (primary N) is 1. The van der Waals surface area contributed by atoms with Gasteiger partial charge in [-0.1, -0.05) is 51.9 Å². The highest BCUT2D eigenvalue weighted by Gasteiger charge is 2.22.